The third kappa shape index (κ3) is 1.85. The first-order chi connectivity index (χ1) is 8.78. The highest BCUT2D eigenvalue weighted by molar-refractivity contribution is 7.16. The van der Waals surface area contributed by atoms with Gasteiger partial charge < -0.3 is 10.2 Å². The quantitative estimate of drug-likeness (QED) is 0.518. The zero-order valence-corrected chi connectivity index (χ0v) is 10.3. The lowest BCUT2D eigenvalue weighted by Crippen LogP contribution is -2.48. The number of hydrogen-bond acceptors (Lipinski definition) is 7. The molecule has 3 heterocycles. The van der Waals surface area contributed by atoms with Crippen LogP contribution in [0, 0.1) is 0 Å². The summed E-state index contributed by atoms with van der Waals surface area (Å²) in [6, 6.07) is 1.96. The number of nitrogens with two attached hydrogens (primary N) is 1. The summed E-state index contributed by atoms with van der Waals surface area (Å²) in [6.45, 7) is 1.67. The molecule has 18 heavy (non-hydrogen) atoms. The number of nitrogens with zero attached hydrogens (tertiary/aromatic N) is 3. The number of amides is 1. The van der Waals surface area contributed by atoms with Crippen molar-refractivity contribution in [2.24, 2.45) is 5.84 Å². The van der Waals surface area contributed by atoms with E-state index in [1.165, 1.54) is 11.3 Å². The minimum Gasteiger partial charge on any atom is -0.353 e. The molecule has 1 aliphatic heterocycles. The van der Waals surface area contributed by atoms with E-state index in [4.69, 9.17) is 5.84 Å². The van der Waals surface area contributed by atoms with E-state index < -0.39 is 0 Å². The van der Waals surface area contributed by atoms with Crippen LogP contribution in [0.25, 0.3) is 10.2 Å². The van der Waals surface area contributed by atoms with Gasteiger partial charge in [-0.15, -0.1) is 11.3 Å². The molecule has 8 heteroatoms. The molecule has 0 aromatic carbocycles. The standard InChI is InChI=1S/C10H12N6OS/c11-15-10-13-8(6-1-4-18-9(6)14-10)16-3-2-12-7(17)5-16/h1,4H,2-3,5,11H2,(H,12,17)(H,13,14,15). The summed E-state index contributed by atoms with van der Waals surface area (Å²) in [6.07, 6.45) is 0. The Morgan fingerprint density at radius 2 is 2.39 bits per heavy atom. The monoisotopic (exact) mass is 264 g/mol. The Kier molecular flexibility index (Phi) is 2.73. The Morgan fingerprint density at radius 1 is 1.50 bits per heavy atom. The summed E-state index contributed by atoms with van der Waals surface area (Å²) in [5, 5.41) is 5.69. The number of aromatic nitrogens is 2. The van der Waals surface area contributed by atoms with Crippen LogP contribution in [0.3, 0.4) is 0 Å². The van der Waals surface area contributed by atoms with E-state index >= 15 is 0 Å². The zero-order chi connectivity index (χ0) is 12.5. The van der Waals surface area contributed by atoms with Crippen LogP contribution in [0.4, 0.5) is 11.8 Å². The Bertz CT molecular complexity index is 597. The number of nitrogen functional groups attached to an aromatic ring is 1. The largest absolute Gasteiger partial charge is 0.353 e. The molecule has 0 aliphatic carbocycles. The minimum absolute atomic E-state index is 0.00509. The van der Waals surface area contributed by atoms with Gasteiger partial charge in [-0.2, -0.15) is 4.98 Å². The third-order valence-corrected chi connectivity index (χ3v) is 3.58. The molecule has 3 rings (SSSR count). The van der Waals surface area contributed by atoms with E-state index in [1.807, 2.05) is 16.3 Å². The van der Waals surface area contributed by atoms with Crippen LogP contribution in [0.2, 0.25) is 0 Å². The van der Waals surface area contributed by atoms with Gasteiger partial charge in [0, 0.05) is 13.1 Å². The molecule has 1 fully saturated rings. The number of rotatable bonds is 2. The average molecular weight is 264 g/mol. The zero-order valence-electron chi connectivity index (χ0n) is 9.51. The lowest BCUT2D eigenvalue weighted by Gasteiger charge is -2.28. The van der Waals surface area contributed by atoms with Crippen molar-refractivity contribution in [1.29, 1.82) is 0 Å². The SMILES string of the molecule is NNc1nc(N2CCNC(=O)C2)c2ccsc2n1. The predicted molar refractivity (Wildman–Crippen MR) is 70.4 cm³/mol. The molecule has 2 aromatic heterocycles. The second-order valence-electron chi connectivity index (χ2n) is 3.93. The van der Waals surface area contributed by atoms with E-state index in [1.54, 1.807) is 0 Å². The van der Waals surface area contributed by atoms with E-state index in [-0.39, 0.29) is 5.91 Å². The molecule has 0 bridgehead atoms. The fourth-order valence-corrected chi connectivity index (χ4v) is 2.72. The fourth-order valence-electron chi connectivity index (χ4n) is 1.96. The molecule has 0 saturated carbocycles. The number of fused-ring (bicyclic) bond motifs is 1. The smallest absolute Gasteiger partial charge is 0.240 e. The minimum atomic E-state index is 0.00509. The Balaban J connectivity index is 2.08. The normalized spacial score (nSPS) is 15.8. The lowest BCUT2D eigenvalue weighted by molar-refractivity contribution is -0.120. The van der Waals surface area contributed by atoms with E-state index in [0.717, 1.165) is 22.6 Å². The summed E-state index contributed by atoms with van der Waals surface area (Å²) in [5.74, 6) is 6.49. The van der Waals surface area contributed by atoms with Crippen molar-refractivity contribution in [3.8, 4) is 0 Å². The molecule has 0 atom stereocenters. The van der Waals surface area contributed by atoms with Crippen LogP contribution in [-0.4, -0.2) is 35.5 Å². The van der Waals surface area contributed by atoms with Gasteiger partial charge >= 0.3 is 0 Å². The summed E-state index contributed by atoms with van der Waals surface area (Å²) in [7, 11) is 0. The van der Waals surface area contributed by atoms with Crippen molar-refractivity contribution in [1.82, 2.24) is 15.3 Å². The van der Waals surface area contributed by atoms with Gasteiger partial charge in [-0.3, -0.25) is 10.2 Å². The molecule has 2 aromatic rings. The van der Waals surface area contributed by atoms with Crippen LogP contribution in [0.1, 0.15) is 0 Å². The second-order valence-corrected chi connectivity index (χ2v) is 4.82. The maximum absolute atomic E-state index is 11.4. The summed E-state index contributed by atoms with van der Waals surface area (Å²) < 4.78 is 0. The Labute approximate surface area is 107 Å². The van der Waals surface area contributed by atoms with Crippen LogP contribution >= 0.6 is 11.3 Å². The van der Waals surface area contributed by atoms with Crippen LogP contribution in [-0.2, 0) is 4.79 Å². The van der Waals surface area contributed by atoms with Gasteiger partial charge in [0.15, 0.2) is 0 Å². The molecule has 0 radical (unpaired) electrons. The fraction of sp³-hybridized carbons (Fsp3) is 0.300. The number of piperazine rings is 1. The highest BCUT2D eigenvalue weighted by Gasteiger charge is 2.21. The molecule has 7 nitrogen and oxygen atoms in total. The number of hydrogen-bond donors (Lipinski definition) is 3. The maximum Gasteiger partial charge on any atom is 0.240 e. The molecule has 1 aliphatic rings. The molecular formula is C10H12N6OS. The molecule has 0 spiro atoms. The highest BCUT2D eigenvalue weighted by Crippen LogP contribution is 2.29. The van der Waals surface area contributed by atoms with Crippen molar-refractivity contribution in [2.45, 2.75) is 0 Å². The van der Waals surface area contributed by atoms with Gasteiger partial charge in [0.25, 0.3) is 0 Å². The molecule has 1 saturated heterocycles. The number of carbonyl (C=O) groups excluding carboxylic acids is 1. The summed E-state index contributed by atoms with van der Waals surface area (Å²) >= 11 is 1.52. The van der Waals surface area contributed by atoms with Crippen LogP contribution in [0.5, 0.6) is 0 Å². The molecule has 0 unspecified atom stereocenters. The van der Waals surface area contributed by atoms with Gasteiger partial charge in [0.1, 0.15) is 10.6 Å². The lowest BCUT2D eigenvalue weighted by atomic mass is 10.3. The number of nitrogens with one attached hydrogen (secondary N) is 2. The Morgan fingerprint density at radius 3 is 3.17 bits per heavy atom. The third-order valence-electron chi connectivity index (χ3n) is 2.77. The van der Waals surface area contributed by atoms with Gasteiger partial charge in [0.05, 0.1) is 11.9 Å². The van der Waals surface area contributed by atoms with Crippen molar-refractivity contribution in [3.63, 3.8) is 0 Å². The number of carbonyl (C=O) groups is 1. The van der Waals surface area contributed by atoms with Gasteiger partial charge in [-0.1, -0.05) is 0 Å². The molecule has 1 amide bonds. The van der Waals surface area contributed by atoms with E-state index in [2.05, 4.69) is 20.7 Å². The van der Waals surface area contributed by atoms with Gasteiger partial charge in [-0.25, -0.2) is 10.8 Å². The number of hydrazine groups is 1. The van der Waals surface area contributed by atoms with Gasteiger partial charge in [-0.05, 0) is 11.4 Å². The highest BCUT2D eigenvalue weighted by atomic mass is 32.1. The van der Waals surface area contributed by atoms with Crippen molar-refractivity contribution >= 4 is 39.2 Å². The van der Waals surface area contributed by atoms with E-state index in [0.29, 0.717) is 19.0 Å². The average Bonchev–Trinajstić information content (AvgIpc) is 2.85. The molecule has 4 N–H and O–H groups in total. The van der Waals surface area contributed by atoms with Crippen molar-refractivity contribution in [2.75, 3.05) is 30.0 Å². The second kappa shape index (κ2) is 4.39. The van der Waals surface area contributed by atoms with Crippen LogP contribution in [0.15, 0.2) is 11.4 Å². The number of thiophene rings is 1. The van der Waals surface area contributed by atoms with Crippen molar-refractivity contribution < 1.29 is 4.79 Å². The first-order valence-electron chi connectivity index (χ1n) is 5.51. The molecule has 94 valence electrons. The first-order valence-corrected chi connectivity index (χ1v) is 6.39. The number of anilines is 2. The predicted octanol–water partition coefficient (Wildman–Crippen LogP) is -0.0869. The van der Waals surface area contributed by atoms with E-state index in [9.17, 15) is 4.79 Å². The Hall–Kier alpha value is -1.93. The summed E-state index contributed by atoms with van der Waals surface area (Å²) in [4.78, 5) is 22.9. The van der Waals surface area contributed by atoms with Gasteiger partial charge in [0.2, 0.25) is 11.9 Å². The first kappa shape index (κ1) is 11.2. The topological polar surface area (TPSA) is 96.2 Å². The van der Waals surface area contributed by atoms with Crippen LogP contribution < -0.4 is 21.5 Å². The summed E-state index contributed by atoms with van der Waals surface area (Å²) in [5.41, 5.74) is 2.46. The van der Waals surface area contributed by atoms with Crippen molar-refractivity contribution in [3.05, 3.63) is 11.4 Å². The molecular weight excluding hydrogens is 252 g/mol. The maximum atomic E-state index is 11.4.